The van der Waals surface area contributed by atoms with E-state index in [2.05, 4.69) is 60.7 Å². The van der Waals surface area contributed by atoms with Gasteiger partial charge in [-0.1, -0.05) is 93.9 Å². The lowest BCUT2D eigenvalue weighted by Gasteiger charge is -2.28. The Labute approximate surface area is 254 Å². The van der Waals surface area contributed by atoms with Crippen LogP contribution in [0.4, 0.5) is 0 Å². The van der Waals surface area contributed by atoms with Crippen molar-refractivity contribution in [1.82, 2.24) is 5.32 Å². The van der Waals surface area contributed by atoms with Crippen molar-refractivity contribution in [3.8, 4) is 23.0 Å². The first kappa shape index (κ1) is 35.0. The maximum absolute atomic E-state index is 12.8. The third-order valence-electron chi connectivity index (χ3n) is 7.25. The van der Waals surface area contributed by atoms with Gasteiger partial charge in [0.15, 0.2) is 11.5 Å². The lowest BCUT2D eigenvalue weighted by Crippen LogP contribution is -2.22. The Morgan fingerprint density at radius 3 is 1.64 bits per heavy atom. The number of ether oxygens (including phenoxy) is 2. The fourth-order valence-corrected chi connectivity index (χ4v) is 4.70. The average Bonchev–Trinajstić information content (AvgIpc) is 2.91. The van der Waals surface area contributed by atoms with Gasteiger partial charge in [0.05, 0.1) is 13.2 Å². The molecule has 0 aliphatic carbocycles. The molecule has 0 spiro atoms. The van der Waals surface area contributed by atoms with Gasteiger partial charge in [0.1, 0.15) is 5.75 Å². The molecule has 0 saturated heterocycles. The van der Waals surface area contributed by atoms with E-state index in [1.54, 1.807) is 18.2 Å². The Bertz CT molecular complexity index is 1100. The maximum atomic E-state index is 12.8. The molecule has 2 aromatic carbocycles. The van der Waals surface area contributed by atoms with Crippen LogP contribution in [0.2, 0.25) is 0 Å². The molecule has 1 amide bonds. The van der Waals surface area contributed by atoms with Crippen LogP contribution in [0.15, 0.2) is 30.3 Å². The van der Waals surface area contributed by atoms with Crippen LogP contribution >= 0.6 is 0 Å². The predicted octanol–water partition coefficient (Wildman–Crippen LogP) is 8.94. The number of aromatic hydroxyl groups is 2. The van der Waals surface area contributed by atoms with Crippen LogP contribution in [0.25, 0.3) is 6.08 Å². The van der Waals surface area contributed by atoms with E-state index in [9.17, 15) is 15.0 Å². The van der Waals surface area contributed by atoms with E-state index in [1.807, 2.05) is 12.1 Å². The number of nitrogens with one attached hydrogen (secondary N) is 1. The topological polar surface area (TPSA) is 88.0 Å². The Morgan fingerprint density at radius 2 is 1.21 bits per heavy atom. The van der Waals surface area contributed by atoms with Gasteiger partial charge >= 0.3 is 0 Å². The zero-order valence-electron chi connectivity index (χ0n) is 27.4. The summed E-state index contributed by atoms with van der Waals surface area (Å²) in [5.41, 5.74) is 2.89. The molecule has 234 valence electrons. The molecule has 0 saturated carbocycles. The molecule has 0 radical (unpaired) electrons. The minimum atomic E-state index is -0.242. The predicted molar refractivity (Wildman–Crippen MR) is 174 cm³/mol. The molecule has 0 aliphatic heterocycles. The number of phenolic OH excluding ortho intramolecular Hbond substituents is 2. The van der Waals surface area contributed by atoms with Crippen molar-refractivity contribution in [2.75, 3.05) is 13.2 Å². The number of hydrogen-bond donors (Lipinski definition) is 3. The summed E-state index contributed by atoms with van der Waals surface area (Å²) in [6, 6.07) is 7.44. The van der Waals surface area contributed by atoms with E-state index in [0.717, 1.165) is 68.1 Å². The third-order valence-corrected chi connectivity index (χ3v) is 7.25. The molecule has 0 atom stereocenters. The fraction of sp³-hybridized carbons (Fsp3) is 0.583. The second-order valence-corrected chi connectivity index (χ2v) is 13.3. The van der Waals surface area contributed by atoms with E-state index in [-0.39, 0.29) is 22.5 Å². The summed E-state index contributed by atoms with van der Waals surface area (Å²) in [6.07, 6.45) is 11.8. The molecular formula is C36H55NO5. The fourth-order valence-electron chi connectivity index (χ4n) is 4.70. The maximum Gasteiger partial charge on any atom is 0.244 e. The van der Waals surface area contributed by atoms with E-state index in [4.69, 9.17) is 9.47 Å². The van der Waals surface area contributed by atoms with Crippen LogP contribution in [0.1, 0.15) is 129 Å². The third kappa shape index (κ3) is 11.3. The Balaban J connectivity index is 2.19. The molecule has 0 aliphatic rings. The Kier molecular flexibility index (Phi) is 13.8. The van der Waals surface area contributed by atoms with Gasteiger partial charge in [-0.3, -0.25) is 4.79 Å². The molecule has 3 N–H and O–H groups in total. The number of carbonyl (C=O) groups excluding carboxylic acids is 1. The number of unbranched alkanes of at least 4 members (excludes halogenated alkanes) is 6. The van der Waals surface area contributed by atoms with Gasteiger partial charge in [-0.15, -0.1) is 0 Å². The average molecular weight is 582 g/mol. The van der Waals surface area contributed by atoms with Crippen molar-refractivity contribution in [3.63, 3.8) is 0 Å². The van der Waals surface area contributed by atoms with Gasteiger partial charge < -0.3 is 25.0 Å². The summed E-state index contributed by atoms with van der Waals surface area (Å²) in [5.74, 6) is 0.815. The molecular weight excluding hydrogens is 526 g/mol. The highest BCUT2D eigenvalue weighted by atomic mass is 16.5. The van der Waals surface area contributed by atoms with Gasteiger partial charge in [0.2, 0.25) is 11.7 Å². The first-order chi connectivity index (χ1) is 19.8. The number of phenols is 2. The largest absolute Gasteiger partial charge is 0.507 e. The quantitative estimate of drug-likeness (QED) is 0.136. The summed E-state index contributed by atoms with van der Waals surface area (Å²) in [4.78, 5) is 12.8. The van der Waals surface area contributed by atoms with Crippen molar-refractivity contribution < 1.29 is 24.5 Å². The van der Waals surface area contributed by atoms with Crippen LogP contribution in [-0.2, 0) is 22.2 Å². The molecule has 2 rings (SSSR count). The van der Waals surface area contributed by atoms with E-state index < -0.39 is 0 Å². The highest BCUT2D eigenvalue weighted by molar-refractivity contribution is 5.91. The zero-order chi connectivity index (χ0) is 31.3. The van der Waals surface area contributed by atoms with Crippen molar-refractivity contribution in [2.24, 2.45) is 0 Å². The second kappa shape index (κ2) is 16.5. The van der Waals surface area contributed by atoms with Crippen molar-refractivity contribution in [1.29, 1.82) is 0 Å². The first-order valence-electron chi connectivity index (χ1n) is 15.7. The van der Waals surface area contributed by atoms with Crippen LogP contribution in [0, 0.1) is 0 Å². The number of carbonyl (C=O) groups is 1. The first-order valence-corrected chi connectivity index (χ1v) is 15.7. The highest BCUT2D eigenvalue weighted by Crippen LogP contribution is 2.40. The second-order valence-electron chi connectivity index (χ2n) is 13.3. The minimum Gasteiger partial charge on any atom is -0.507 e. The molecule has 0 aromatic heterocycles. The van der Waals surface area contributed by atoms with Crippen LogP contribution in [0.3, 0.4) is 0 Å². The Morgan fingerprint density at radius 1 is 0.738 bits per heavy atom. The molecule has 42 heavy (non-hydrogen) atoms. The van der Waals surface area contributed by atoms with Gasteiger partial charge in [0, 0.05) is 12.6 Å². The van der Waals surface area contributed by atoms with Crippen LogP contribution in [-0.4, -0.2) is 29.3 Å². The summed E-state index contributed by atoms with van der Waals surface area (Å²) >= 11 is 0. The van der Waals surface area contributed by atoms with Gasteiger partial charge in [-0.2, -0.15) is 0 Å². The number of hydrogen-bond acceptors (Lipinski definition) is 5. The normalized spacial score (nSPS) is 12.1. The summed E-state index contributed by atoms with van der Waals surface area (Å²) in [6.45, 7) is 18.1. The van der Waals surface area contributed by atoms with Gasteiger partial charge in [-0.25, -0.2) is 0 Å². The molecule has 6 nitrogen and oxygen atoms in total. The molecule has 2 aromatic rings. The van der Waals surface area contributed by atoms with Crippen molar-refractivity contribution in [2.45, 2.75) is 124 Å². The summed E-state index contributed by atoms with van der Waals surface area (Å²) in [7, 11) is 0. The van der Waals surface area contributed by atoms with Crippen LogP contribution in [0.5, 0.6) is 23.0 Å². The van der Waals surface area contributed by atoms with E-state index >= 15 is 0 Å². The van der Waals surface area contributed by atoms with E-state index in [1.165, 1.54) is 6.08 Å². The summed E-state index contributed by atoms with van der Waals surface area (Å²) in [5, 5.41) is 24.8. The van der Waals surface area contributed by atoms with Crippen molar-refractivity contribution in [3.05, 3.63) is 52.6 Å². The van der Waals surface area contributed by atoms with Crippen molar-refractivity contribution >= 4 is 12.0 Å². The molecule has 0 unspecified atom stereocenters. The van der Waals surface area contributed by atoms with Gasteiger partial charge in [0.25, 0.3) is 0 Å². The lowest BCUT2D eigenvalue weighted by molar-refractivity contribution is -0.116. The minimum absolute atomic E-state index is 0.000722. The molecule has 0 bridgehead atoms. The smallest absolute Gasteiger partial charge is 0.244 e. The molecule has 0 heterocycles. The Hall–Kier alpha value is -3.15. The highest BCUT2D eigenvalue weighted by Gasteiger charge is 2.26. The number of benzene rings is 2. The lowest BCUT2D eigenvalue weighted by atomic mass is 9.78. The van der Waals surface area contributed by atoms with E-state index in [0.29, 0.717) is 42.6 Å². The van der Waals surface area contributed by atoms with Gasteiger partial charge in [-0.05, 0) is 76.3 Å². The SMILES string of the molecule is CCCCCCOc1cc(/C=C/C(=O)NCc2cc(C(C)(C)C)c(O)c(C(C)(C)C)c2)cc(OCCCCCC)c1O. The monoisotopic (exact) mass is 581 g/mol. The standard InChI is InChI=1S/C36H55NO5/c1-9-11-13-15-19-41-30-23-26(24-31(34(30)40)42-20-16-14-12-10-2)17-18-32(38)37-25-27-21-28(35(3,4)5)33(39)29(22-27)36(6,7)8/h17-18,21-24,39-40H,9-16,19-20,25H2,1-8H3,(H,37,38)/b18-17+. The molecule has 0 fully saturated rings. The number of amides is 1. The summed E-state index contributed by atoms with van der Waals surface area (Å²) < 4.78 is 11.8. The number of rotatable bonds is 16. The zero-order valence-corrected chi connectivity index (χ0v) is 27.4. The molecule has 6 heteroatoms. The van der Waals surface area contributed by atoms with Crippen LogP contribution < -0.4 is 14.8 Å².